The van der Waals surface area contributed by atoms with Gasteiger partial charge in [0.05, 0.1) is 6.54 Å². The summed E-state index contributed by atoms with van der Waals surface area (Å²) in [5.74, 6) is -0.278. The highest BCUT2D eigenvalue weighted by Crippen LogP contribution is 2.30. The first-order chi connectivity index (χ1) is 14.7. The van der Waals surface area contributed by atoms with Crippen molar-refractivity contribution in [3.63, 3.8) is 0 Å². The maximum atomic E-state index is 12.9. The lowest BCUT2D eigenvalue weighted by molar-refractivity contribution is -0.144. The average Bonchev–Trinajstić information content (AvgIpc) is 3.16. The first-order valence-electron chi connectivity index (χ1n) is 9.67. The number of para-hydroxylation sites is 2. The van der Waals surface area contributed by atoms with Gasteiger partial charge in [0.25, 0.3) is 11.6 Å². The normalized spacial score (nSPS) is 15.8. The molecule has 1 amide bonds. The number of benzene rings is 1. The van der Waals surface area contributed by atoms with E-state index in [0.29, 0.717) is 41.5 Å². The number of fused-ring (bicyclic) bond motifs is 2. The number of aryl methyl sites for hydroxylation is 2. The zero-order valence-corrected chi connectivity index (χ0v) is 16.9. The van der Waals surface area contributed by atoms with E-state index in [1.807, 2.05) is 18.2 Å². The maximum absolute atomic E-state index is 12.9. The van der Waals surface area contributed by atoms with Gasteiger partial charge < -0.3 is 14.8 Å². The van der Waals surface area contributed by atoms with E-state index in [9.17, 15) is 18.0 Å². The van der Waals surface area contributed by atoms with Crippen LogP contribution in [0.1, 0.15) is 29.2 Å². The molecule has 11 heteroatoms. The van der Waals surface area contributed by atoms with Crippen molar-refractivity contribution in [2.24, 2.45) is 0 Å². The molecule has 2 aromatic heterocycles. The smallest absolute Gasteiger partial charge is 0.453 e. The van der Waals surface area contributed by atoms with Crippen LogP contribution in [0.15, 0.2) is 24.3 Å². The molecule has 0 radical (unpaired) electrons. The number of hydrogen-bond donors (Lipinski definition) is 1. The van der Waals surface area contributed by atoms with Crippen LogP contribution in [-0.2, 0) is 17.4 Å². The van der Waals surface area contributed by atoms with Crippen LogP contribution in [0.4, 0.5) is 13.2 Å². The third kappa shape index (κ3) is 4.39. The Hall–Kier alpha value is -3.37. The third-order valence-corrected chi connectivity index (χ3v) is 5.00. The van der Waals surface area contributed by atoms with E-state index in [0.717, 1.165) is 4.52 Å². The molecule has 8 nitrogen and oxygen atoms in total. The lowest BCUT2D eigenvalue weighted by atomic mass is 10.1. The number of hydrogen-bond acceptors (Lipinski definition) is 6. The zero-order chi connectivity index (χ0) is 22.2. The number of ether oxygens (including phenoxy) is 2. The molecule has 3 aromatic rings. The predicted octanol–water partition coefficient (Wildman–Crippen LogP) is 2.65. The van der Waals surface area contributed by atoms with Crippen LogP contribution >= 0.6 is 0 Å². The Morgan fingerprint density at radius 2 is 1.97 bits per heavy atom. The van der Waals surface area contributed by atoms with Crippen molar-refractivity contribution in [1.29, 1.82) is 0 Å². The summed E-state index contributed by atoms with van der Waals surface area (Å²) in [6.45, 7) is 3.91. The number of aromatic nitrogens is 4. The molecule has 0 unspecified atom stereocenters. The van der Waals surface area contributed by atoms with Crippen LogP contribution in [0.3, 0.4) is 0 Å². The minimum absolute atomic E-state index is 0.120. The highest BCUT2D eigenvalue weighted by Gasteiger charge is 2.37. The Bertz CT molecular complexity index is 1130. The topological polar surface area (TPSA) is 90.6 Å². The molecule has 4 rings (SSSR count). The van der Waals surface area contributed by atoms with Gasteiger partial charge in [-0.25, -0.2) is 9.50 Å². The quantitative estimate of drug-likeness (QED) is 0.663. The van der Waals surface area contributed by atoms with E-state index in [1.165, 1.54) is 0 Å². The van der Waals surface area contributed by atoms with Gasteiger partial charge in [-0.15, -0.1) is 5.10 Å². The second-order valence-corrected chi connectivity index (χ2v) is 7.21. The fraction of sp³-hybridized carbons (Fsp3) is 0.400. The van der Waals surface area contributed by atoms with E-state index < -0.39 is 12.0 Å². The van der Waals surface area contributed by atoms with Crippen molar-refractivity contribution >= 4 is 11.7 Å². The van der Waals surface area contributed by atoms with Gasteiger partial charge in [-0.05, 0) is 38.0 Å². The highest BCUT2D eigenvalue weighted by molar-refractivity contribution is 5.76. The second-order valence-electron chi connectivity index (χ2n) is 7.21. The second kappa shape index (κ2) is 8.05. The van der Waals surface area contributed by atoms with Crippen LogP contribution in [0.5, 0.6) is 11.5 Å². The molecule has 0 saturated carbocycles. The monoisotopic (exact) mass is 435 g/mol. The molecule has 1 atom stereocenters. The predicted molar refractivity (Wildman–Crippen MR) is 103 cm³/mol. The van der Waals surface area contributed by atoms with Crippen LogP contribution < -0.4 is 14.8 Å². The number of nitrogens with zero attached hydrogens (tertiary/aromatic N) is 4. The lowest BCUT2D eigenvalue weighted by Gasteiger charge is -2.26. The molecule has 0 saturated heterocycles. The van der Waals surface area contributed by atoms with Crippen LogP contribution in [0.25, 0.3) is 5.78 Å². The summed E-state index contributed by atoms with van der Waals surface area (Å²) in [5, 5.41) is 6.32. The van der Waals surface area contributed by atoms with Crippen molar-refractivity contribution < 1.29 is 27.4 Å². The summed E-state index contributed by atoms with van der Waals surface area (Å²) in [5.41, 5.74) is 1.64. The Balaban J connectivity index is 1.37. The molecular formula is C20H20F3N5O3. The zero-order valence-electron chi connectivity index (χ0n) is 16.9. The Morgan fingerprint density at radius 1 is 1.23 bits per heavy atom. The number of alkyl halides is 3. The van der Waals surface area contributed by atoms with Gasteiger partial charge in [-0.3, -0.25) is 4.79 Å². The summed E-state index contributed by atoms with van der Waals surface area (Å²) in [6, 6.07) is 7.30. The summed E-state index contributed by atoms with van der Waals surface area (Å²) < 4.78 is 51.2. The van der Waals surface area contributed by atoms with E-state index >= 15 is 0 Å². The molecule has 3 heterocycles. The van der Waals surface area contributed by atoms with E-state index in [4.69, 9.17) is 9.47 Å². The number of carbonyl (C=O) groups is 1. The van der Waals surface area contributed by atoms with Crippen molar-refractivity contribution in [2.75, 3.05) is 13.2 Å². The summed E-state index contributed by atoms with van der Waals surface area (Å²) in [4.78, 5) is 19.9. The highest BCUT2D eigenvalue weighted by atomic mass is 19.4. The maximum Gasteiger partial charge on any atom is 0.453 e. The number of nitrogens with one attached hydrogen (secondary N) is 1. The van der Waals surface area contributed by atoms with Gasteiger partial charge in [-0.2, -0.15) is 18.2 Å². The van der Waals surface area contributed by atoms with Gasteiger partial charge in [0.1, 0.15) is 12.7 Å². The van der Waals surface area contributed by atoms with Crippen molar-refractivity contribution in [3.8, 4) is 11.5 Å². The molecule has 0 aliphatic carbocycles. The van der Waals surface area contributed by atoms with E-state index in [1.54, 1.807) is 19.9 Å². The Labute approximate surface area is 175 Å². The minimum atomic E-state index is -4.65. The molecule has 1 aliphatic rings. The molecule has 31 heavy (non-hydrogen) atoms. The molecule has 1 aromatic carbocycles. The van der Waals surface area contributed by atoms with Crippen LogP contribution in [-0.4, -0.2) is 44.7 Å². The first-order valence-corrected chi connectivity index (χ1v) is 9.67. The van der Waals surface area contributed by atoms with Gasteiger partial charge in [0.15, 0.2) is 11.5 Å². The number of carbonyl (C=O) groups excluding carboxylic acids is 1. The molecular weight excluding hydrogens is 415 g/mol. The minimum Gasteiger partial charge on any atom is -0.486 e. The standard InChI is InChI=1S/C20H20F3N5O3/c1-11-14(12(2)28-19(25-11)26-18(27-28)20(21,22)23)7-8-17(29)24-9-13-10-30-15-5-3-4-6-16(15)31-13/h3-6,13H,7-10H2,1-2H3,(H,24,29)/t13-/m1/s1. The summed E-state index contributed by atoms with van der Waals surface area (Å²) in [6.07, 6.45) is -4.52. The van der Waals surface area contributed by atoms with Crippen LogP contribution in [0, 0.1) is 13.8 Å². The fourth-order valence-electron chi connectivity index (χ4n) is 3.41. The number of amides is 1. The SMILES string of the molecule is Cc1nc2nc(C(F)(F)F)nn2c(C)c1CCC(=O)NC[C@@H]1COc2ccccc2O1. The van der Waals surface area contributed by atoms with Gasteiger partial charge in [-0.1, -0.05) is 12.1 Å². The fourth-order valence-corrected chi connectivity index (χ4v) is 3.41. The first kappa shape index (κ1) is 20.9. The molecule has 0 bridgehead atoms. The summed E-state index contributed by atoms with van der Waals surface area (Å²) >= 11 is 0. The van der Waals surface area contributed by atoms with Crippen molar-refractivity contribution in [2.45, 2.75) is 39.0 Å². The van der Waals surface area contributed by atoms with E-state index in [2.05, 4.69) is 20.4 Å². The Kier molecular flexibility index (Phi) is 5.42. The van der Waals surface area contributed by atoms with Crippen molar-refractivity contribution in [3.05, 3.63) is 47.0 Å². The third-order valence-electron chi connectivity index (χ3n) is 5.00. The van der Waals surface area contributed by atoms with Gasteiger partial charge in [0.2, 0.25) is 5.91 Å². The largest absolute Gasteiger partial charge is 0.486 e. The molecule has 0 fully saturated rings. The molecule has 1 aliphatic heterocycles. The molecule has 164 valence electrons. The average molecular weight is 435 g/mol. The van der Waals surface area contributed by atoms with Gasteiger partial charge in [0, 0.05) is 17.8 Å². The Morgan fingerprint density at radius 3 is 2.71 bits per heavy atom. The summed E-state index contributed by atoms with van der Waals surface area (Å²) in [7, 11) is 0. The molecule has 1 N–H and O–H groups in total. The van der Waals surface area contributed by atoms with Crippen LogP contribution in [0.2, 0.25) is 0 Å². The van der Waals surface area contributed by atoms with Gasteiger partial charge >= 0.3 is 6.18 Å². The number of halogens is 3. The molecule has 0 spiro atoms. The lowest BCUT2D eigenvalue weighted by Crippen LogP contribution is -2.40. The number of rotatable bonds is 5. The van der Waals surface area contributed by atoms with Crippen molar-refractivity contribution in [1.82, 2.24) is 24.9 Å². The van der Waals surface area contributed by atoms with E-state index in [-0.39, 0.29) is 30.8 Å².